The zero-order valence-corrected chi connectivity index (χ0v) is 8.64. The van der Waals surface area contributed by atoms with Crippen LogP contribution < -0.4 is 0 Å². The smallest absolute Gasteiger partial charge is 0.244 e. The molecule has 0 aromatic rings. The Morgan fingerprint density at radius 3 is 1.27 bits per heavy atom. The van der Waals surface area contributed by atoms with Crippen LogP contribution in [0.25, 0.3) is 0 Å². The Labute approximate surface area is 91.0 Å². The first kappa shape index (κ1) is 15.1. The van der Waals surface area contributed by atoms with E-state index in [2.05, 4.69) is 0 Å². The third-order valence-corrected chi connectivity index (χ3v) is 2.05. The van der Waals surface area contributed by atoms with Gasteiger partial charge < -0.3 is 0 Å². The van der Waals surface area contributed by atoms with Crippen LogP contribution in [0.1, 0.15) is 0 Å². The fourth-order valence-corrected chi connectivity index (χ4v) is 0.830. The minimum atomic E-state index is -6.47. The highest BCUT2D eigenvalue weighted by Gasteiger charge is 2.80. The van der Waals surface area contributed by atoms with Gasteiger partial charge in [0.1, 0.15) is 0 Å². The molecule has 0 saturated heterocycles. The van der Waals surface area contributed by atoms with Crippen molar-refractivity contribution in [2.45, 2.75) is 21.7 Å². The first-order valence-electron chi connectivity index (χ1n) is 3.07. The number of halogens is 10. The maximum absolute atomic E-state index is 12.3. The number of alkyl halides is 10. The second-order valence-corrected chi connectivity index (χ2v) is 3.84. The normalized spacial score (nSPS) is 15.6. The Bertz CT molecular complexity index is 229. The van der Waals surface area contributed by atoms with Crippen LogP contribution in [0.4, 0.5) is 39.5 Å². The van der Waals surface area contributed by atoms with Crippen molar-refractivity contribution in [2.24, 2.45) is 0 Å². The van der Waals surface area contributed by atoms with Gasteiger partial charge in [0.05, 0.1) is 0 Å². The lowest BCUT2D eigenvalue weighted by molar-refractivity contribution is -0.344. The van der Waals surface area contributed by atoms with E-state index in [1.54, 1.807) is 0 Å². The molecule has 0 aliphatic heterocycles. The highest BCUT2D eigenvalue weighted by atomic mass is 127. The Morgan fingerprint density at radius 2 is 1.07 bits per heavy atom. The molecule has 0 radical (unpaired) electrons. The van der Waals surface area contributed by atoms with Crippen LogP contribution in [-0.2, 0) is 0 Å². The minimum Gasteiger partial charge on any atom is -0.244 e. The molecule has 0 aliphatic carbocycles. The van der Waals surface area contributed by atoms with Crippen molar-refractivity contribution in [1.29, 1.82) is 0 Å². The van der Waals surface area contributed by atoms with Crippen LogP contribution in [0.5, 0.6) is 0 Å². The van der Waals surface area contributed by atoms with Gasteiger partial charge in [0.25, 0.3) is 0 Å². The maximum atomic E-state index is 12.3. The third-order valence-electron chi connectivity index (χ3n) is 1.38. The van der Waals surface area contributed by atoms with E-state index in [9.17, 15) is 39.5 Å². The van der Waals surface area contributed by atoms with Crippen LogP contribution >= 0.6 is 22.6 Å². The van der Waals surface area contributed by atoms with Gasteiger partial charge in [-0.25, -0.2) is 4.39 Å². The van der Waals surface area contributed by atoms with E-state index in [0.29, 0.717) is 0 Å². The number of hydrogen-bond acceptors (Lipinski definition) is 0. The molecule has 0 aromatic carbocycles. The topological polar surface area (TPSA) is 0 Å². The molecule has 92 valence electrons. The molecule has 0 fully saturated rings. The lowest BCUT2D eigenvalue weighted by atomic mass is 10.1. The molecular weight excluding hydrogens is 358 g/mol. The highest BCUT2D eigenvalue weighted by Crippen LogP contribution is 2.54. The summed E-state index contributed by atoms with van der Waals surface area (Å²) < 4.78 is 103. The Kier molecular flexibility index (Phi) is 3.87. The highest BCUT2D eigenvalue weighted by molar-refractivity contribution is 14.1. The molecular formula is C5H2F9I. The first-order valence-corrected chi connectivity index (χ1v) is 4.15. The monoisotopic (exact) mass is 360 g/mol. The van der Waals surface area contributed by atoms with Crippen LogP contribution in [0, 0.1) is 0 Å². The SMILES string of the molecule is FCC(F)(F)C(F)(F)C(F)(F)C(F)(F)I. The summed E-state index contributed by atoms with van der Waals surface area (Å²) in [7, 11) is 0. The average Bonchev–Trinajstić information content (AvgIpc) is 2.01. The molecule has 0 amide bonds. The molecule has 0 aromatic heterocycles. The molecule has 10 heteroatoms. The fraction of sp³-hybridized carbons (Fsp3) is 1.00. The Morgan fingerprint density at radius 1 is 0.733 bits per heavy atom. The Balaban J connectivity index is 5.38. The lowest BCUT2D eigenvalue weighted by Crippen LogP contribution is -2.61. The predicted molar refractivity (Wildman–Crippen MR) is 39.8 cm³/mol. The summed E-state index contributed by atoms with van der Waals surface area (Å²) in [6, 6.07) is 0. The second kappa shape index (κ2) is 3.84. The van der Waals surface area contributed by atoms with Crippen molar-refractivity contribution >= 4 is 22.6 Å². The molecule has 0 saturated carbocycles. The van der Waals surface area contributed by atoms with Crippen LogP contribution in [0.3, 0.4) is 0 Å². The summed E-state index contributed by atoms with van der Waals surface area (Å²) >= 11 is -0.418. The molecule has 0 bridgehead atoms. The summed E-state index contributed by atoms with van der Waals surface area (Å²) in [5.74, 6) is -18.7. The second-order valence-electron chi connectivity index (χ2n) is 2.48. The molecule has 0 N–H and O–H groups in total. The predicted octanol–water partition coefficient (Wildman–Crippen LogP) is 3.89. The van der Waals surface area contributed by atoms with E-state index < -0.39 is 51.0 Å². The third kappa shape index (κ3) is 2.28. The summed E-state index contributed by atoms with van der Waals surface area (Å²) in [5, 5.41) is 0. The van der Waals surface area contributed by atoms with Crippen molar-refractivity contribution in [2.75, 3.05) is 6.67 Å². The minimum absolute atomic E-state index is 0.418. The van der Waals surface area contributed by atoms with Crippen molar-refractivity contribution in [1.82, 2.24) is 0 Å². The van der Waals surface area contributed by atoms with Crippen LogP contribution in [-0.4, -0.2) is 28.4 Å². The molecule has 0 spiro atoms. The average molecular weight is 360 g/mol. The van der Waals surface area contributed by atoms with Gasteiger partial charge in [-0.3, -0.25) is 0 Å². The van der Waals surface area contributed by atoms with Gasteiger partial charge in [0.15, 0.2) is 6.67 Å². The molecule has 0 aliphatic rings. The van der Waals surface area contributed by atoms with E-state index in [1.165, 1.54) is 0 Å². The van der Waals surface area contributed by atoms with E-state index in [4.69, 9.17) is 0 Å². The summed E-state index contributed by atoms with van der Waals surface area (Å²) in [6.45, 7) is -3.16. The lowest BCUT2D eigenvalue weighted by Gasteiger charge is -2.33. The Hall–Kier alpha value is 0.1000. The van der Waals surface area contributed by atoms with Gasteiger partial charge in [-0.15, -0.1) is 0 Å². The van der Waals surface area contributed by atoms with E-state index in [1.807, 2.05) is 0 Å². The molecule has 0 heterocycles. The summed E-state index contributed by atoms with van der Waals surface area (Å²) in [5.41, 5.74) is 0. The van der Waals surface area contributed by atoms with Crippen molar-refractivity contribution in [3.8, 4) is 0 Å². The van der Waals surface area contributed by atoms with Gasteiger partial charge in [0.2, 0.25) is 0 Å². The zero-order chi connectivity index (χ0) is 12.7. The van der Waals surface area contributed by atoms with Gasteiger partial charge in [-0.05, 0) is 0 Å². The molecule has 0 rings (SSSR count). The molecule has 0 unspecified atom stereocenters. The zero-order valence-electron chi connectivity index (χ0n) is 6.49. The molecule has 15 heavy (non-hydrogen) atoms. The van der Waals surface area contributed by atoms with Gasteiger partial charge >= 0.3 is 21.7 Å². The quantitative estimate of drug-likeness (QED) is 0.406. The number of hydrogen-bond donors (Lipinski definition) is 0. The van der Waals surface area contributed by atoms with E-state index >= 15 is 0 Å². The summed E-state index contributed by atoms with van der Waals surface area (Å²) in [4.78, 5) is 0. The van der Waals surface area contributed by atoms with Crippen molar-refractivity contribution in [3.05, 3.63) is 0 Å². The van der Waals surface area contributed by atoms with Crippen LogP contribution in [0.2, 0.25) is 0 Å². The van der Waals surface area contributed by atoms with Crippen LogP contribution in [0.15, 0.2) is 0 Å². The van der Waals surface area contributed by atoms with Gasteiger partial charge in [-0.1, -0.05) is 0 Å². The van der Waals surface area contributed by atoms with Crippen molar-refractivity contribution in [3.63, 3.8) is 0 Å². The van der Waals surface area contributed by atoms with E-state index in [-0.39, 0.29) is 0 Å². The largest absolute Gasteiger partial charge is 0.387 e. The number of rotatable bonds is 4. The molecule has 0 atom stereocenters. The standard InChI is InChI=1S/C5H2F9I/c6-1-2(7,8)3(9,10)4(11,12)5(13,14)15/h1H2. The fourth-order valence-electron chi connectivity index (χ4n) is 0.492. The van der Waals surface area contributed by atoms with Gasteiger partial charge in [0, 0.05) is 22.6 Å². The van der Waals surface area contributed by atoms with E-state index in [0.717, 1.165) is 0 Å². The van der Waals surface area contributed by atoms with Gasteiger partial charge in [-0.2, -0.15) is 35.1 Å². The summed E-state index contributed by atoms with van der Waals surface area (Å²) in [6.07, 6.45) is 0. The maximum Gasteiger partial charge on any atom is 0.387 e. The van der Waals surface area contributed by atoms with Crippen molar-refractivity contribution < 1.29 is 39.5 Å². The molecule has 0 nitrogen and oxygen atoms in total. The first-order chi connectivity index (χ1) is 6.31.